The number of furan rings is 1. The van der Waals surface area contributed by atoms with Crippen molar-refractivity contribution in [1.82, 2.24) is 5.32 Å². The van der Waals surface area contributed by atoms with Crippen LogP contribution in [0.2, 0.25) is 0 Å². The van der Waals surface area contributed by atoms with Gasteiger partial charge in [-0.2, -0.15) is 0 Å². The highest BCUT2D eigenvalue weighted by molar-refractivity contribution is 9.10. The van der Waals surface area contributed by atoms with Gasteiger partial charge in [-0.1, -0.05) is 12.1 Å². The van der Waals surface area contributed by atoms with Crippen molar-refractivity contribution >= 4 is 15.9 Å². The number of methoxy groups -OCH3 is 1. The summed E-state index contributed by atoms with van der Waals surface area (Å²) in [6, 6.07) is 9.89. The molecule has 4 heteroatoms. The number of hydrogen-bond acceptors (Lipinski definition) is 3. The molecule has 0 saturated carbocycles. The van der Waals surface area contributed by atoms with Crippen LogP contribution in [0.25, 0.3) is 0 Å². The zero-order chi connectivity index (χ0) is 12.1. The molecule has 0 saturated heterocycles. The summed E-state index contributed by atoms with van der Waals surface area (Å²) in [5.74, 6) is 1.79. The third kappa shape index (κ3) is 3.35. The fraction of sp³-hybridized carbons (Fsp3) is 0.231. The minimum atomic E-state index is 0.699. The second-order valence-electron chi connectivity index (χ2n) is 3.65. The van der Waals surface area contributed by atoms with Gasteiger partial charge in [0.25, 0.3) is 0 Å². The molecule has 0 spiro atoms. The molecule has 0 radical (unpaired) electrons. The smallest absolute Gasteiger partial charge is 0.131 e. The molecule has 0 bridgehead atoms. The minimum absolute atomic E-state index is 0.699. The van der Waals surface area contributed by atoms with E-state index < -0.39 is 0 Å². The average Bonchev–Trinajstić information content (AvgIpc) is 2.76. The zero-order valence-electron chi connectivity index (χ0n) is 9.57. The van der Waals surface area contributed by atoms with E-state index in [-0.39, 0.29) is 0 Å². The molecule has 0 fully saturated rings. The molecular formula is C13H14BrNO2. The molecule has 0 atom stereocenters. The molecule has 90 valence electrons. The number of ether oxygens (including phenoxy) is 1. The van der Waals surface area contributed by atoms with Crippen molar-refractivity contribution in [3.8, 4) is 5.75 Å². The van der Waals surface area contributed by atoms with E-state index >= 15 is 0 Å². The van der Waals surface area contributed by atoms with Crippen LogP contribution < -0.4 is 10.1 Å². The summed E-state index contributed by atoms with van der Waals surface area (Å²) in [5, 5.41) is 3.32. The van der Waals surface area contributed by atoms with Crippen LogP contribution in [-0.4, -0.2) is 7.11 Å². The maximum Gasteiger partial charge on any atom is 0.131 e. The lowest BCUT2D eigenvalue weighted by atomic mass is 10.2. The third-order valence-electron chi connectivity index (χ3n) is 2.44. The number of halogens is 1. The van der Waals surface area contributed by atoms with Gasteiger partial charge < -0.3 is 14.5 Å². The standard InChI is InChI=1S/C13H14BrNO2/c1-16-11-4-2-3-10(7-11)8-15-9-13-12(14)5-6-17-13/h2-7,15H,8-9H2,1H3. The normalized spacial score (nSPS) is 10.5. The van der Waals surface area contributed by atoms with Gasteiger partial charge in [-0.05, 0) is 39.7 Å². The first kappa shape index (κ1) is 12.2. The molecule has 0 aliphatic heterocycles. The summed E-state index contributed by atoms with van der Waals surface area (Å²) in [7, 11) is 1.67. The first-order valence-corrected chi connectivity index (χ1v) is 6.14. The van der Waals surface area contributed by atoms with Crippen LogP contribution in [-0.2, 0) is 13.1 Å². The Balaban J connectivity index is 1.87. The van der Waals surface area contributed by atoms with Gasteiger partial charge in [-0.25, -0.2) is 0 Å². The van der Waals surface area contributed by atoms with Crippen molar-refractivity contribution in [3.05, 3.63) is 52.4 Å². The predicted molar refractivity (Wildman–Crippen MR) is 69.9 cm³/mol. The lowest BCUT2D eigenvalue weighted by Gasteiger charge is -2.05. The Kier molecular flexibility index (Phi) is 4.23. The van der Waals surface area contributed by atoms with E-state index in [1.807, 2.05) is 24.3 Å². The highest BCUT2D eigenvalue weighted by atomic mass is 79.9. The first-order chi connectivity index (χ1) is 8.29. The van der Waals surface area contributed by atoms with Crippen molar-refractivity contribution in [2.45, 2.75) is 13.1 Å². The summed E-state index contributed by atoms with van der Waals surface area (Å²) in [6.45, 7) is 1.48. The van der Waals surface area contributed by atoms with E-state index in [1.165, 1.54) is 5.56 Å². The molecule has 2 rings (SSSR count). The van der Waals surface area contributed by atoms with Crippen LogP contribution in [0.3, 0.4) is 0 Å². The quantitative estimate of drug-likeness (QED) is 0.919. The molecule has 0 aliphatic rings. The molecule has 1 N–H and O–H groups in total. The third-order valence-corrected chi connectivity index (χ3v) is 3.15. The van der Waals surface area contributed by atoms with Crippen LogP contribution >= 0.6 is 15.9 Å². The van der Waals surface area contributed by atoms with Gasteiger partial charge in [0.1, 0.15) is 11.5 Å². The Morgan fingerprint density at radius 3 is 2.88 bits per heavy atom. The number of rotatable bonds is 5. The second-order valence-corrected chi connectivity index (χ2v) is 4.50. The van der Waals surface area contributed by atoms with Gasteiger partial charge in [-0.15, -0.1) is 0 Å². The van der Waals surface area contributed by atoms with Crippen LogP contribution in [0.15, 0.2) is 45.5 Å². The van der Waals surface area contributed by atoms with Crippen LogP contribution in [0, 0.1) is 0 Å². The van der Waals surface area contributed by atoms with E-state index in [0.717, 1.165) is 22.5 Å². The van der Waals surface area contributed by atoms with Gasteiger partial charge in [-0.3, -0.25) is 0 Å². The topological polar surface area (TPSA) is 34.4 Å². The van der Waals surface area contributed by atoms with E-state index in [0.29, 0.717) is 6.54 Å². The molecule has 0 aliphatic carbocycles. The number of hydrogen-bond donors (Lipinski definition) is 1. The van der Waals surface area contributed by atoms with E-state index in [2.05, 4.69) is 27.3 Å². The number of benzene rings is 1. The van der Waals surface area contributed by atoms with Crippen molar-refractivity contribution in [1.29, 1.82) is 0 Å². The molecule has 1 aromatic heterocycles. The molecule has 1 aromatic carbocycles. The first-order valence-electron chi connectivity index (χ1n) is 5.35. The summed E-state index contributed by atoms with van der Waals surface area (Å²) in [5.41, 5.74) is 1.19. The summed E-state index contributed by atoms with van der Waals surface area (Å²) >= 11 is 3.42. The molecule has 0 unspecified atom stereocenters. The van der Waals surface area contributed by atoms with E-state index in [4.69, 9.17) is 9.15 Å². The Morgan fingerprint density at radius 2 is 2.18 bits per heavy atom. The Morgan fingerprint density at radius 1 is 1.29 bits per heavy atom. The minimum Gasteiger partial charge on any atom is -0.497 e. The Labute approximate surface area is 109 Å². The van der Waals surface area contributed by atoms with Gasteiger partial charge in [0, 0.05) is 6.54 Å². The largest absolute Gasteiger partial charge is 0.497 e. The maximum absolute atomic E-state index is 5.31. The van der Waals surface area contributed by atoms with Crippen LogP contribution in [0.4, 0.5) is 0 Å². The van der Waals surface area contributed by atoms with Crippen molar-refractivity contribution in [2.24, 2.45) is 0 Å². The van der Waals surface area contributed by atoms with Crippen LogP contribution in [0.5, 0.6) is 5.75 Å². The molecule has 3 nitrogen and oxygen atoms in total. The molecular weight excluding hydrogens is 282 g/mol. The highest BCUT2D eigenvalue weighted by Crippen LogP contribution is 2.17. The molecule has 0 amide bonds. The van der Waals surface area contributed by atoms with E-state index in [1.54, 1.807) is 13.4 Å². The Hall–Kier alpha value is -1.26. The van der Waals surface area contributed by atoms with Crippen molar-refractivity contribution < 1.29 is 9.15 Å². The monoisotopic (exact) mass is 295 g/mol. The molecule has 1 heterocycles. The average molecular weight is 296 g/mol. The van der Waals surface area contributed by atoms with Gasteiger partial charge in [0.15, 0.2) is 0 Å². The second kappa shape index (κ2) is 5.89. The van der Waals surface area contributed by atoms with E-state index in [9.17, 15) is 0 Å². The predicted octanol–water partition coefficient (Wildman–Crippen LogP) is 3.34. The summed E-state index contributed by atoms with van der Waals surface area (Å²) in [4.78, 5) is 0. The van der Waals surface area contributed by atoms with Gasteiger partial charge in [0.2, 0.25) is 0 Å². The van der Waals surface area contributed by atoms with Crippen LogP contribution in [0.1, 0.15) is 11.3 Å². The fourth-order valence-corrected chi connectivity index (χ4v) is 1.90. The highest BCUT2D eigenvalue weighted by Gasteiger charge is 2.02. The van der Waals surface area contributed by atoms with Gasteiger partial charge >= 0.3 is 0 Å². The number of nitrogens with one attached hydrogen (secondary N) is 1. The lowest BCUT2D eigenvalue weighted by Crippen LogP contribution is -2.12. The van der Waals surface area contributed by atoms with Crippen molar-refractivity contribution in [2.75, 3.05) is 7.11 Å². The molecule has 2 aromatic rings. The fourth-order valence-electron chi connectivity index (χ4n) is 1.55. The molecule has 17 heavy (non-hydrogen) atoms. The maximum atomic E-state index is 5.31. The summed E-state index contributed by atoms with van der Waals surface area (Å²) < 4.78 is 11.5. The SMILES string of the molecule is COc1cccc(CNCc2occc2Br)c1. The van der Waals surface area contributed by atoms with Crippen molar-refractivity contribution in [3.63, 3.8) is 0 Å². The lowest BCUT2D eigenvalue weighted by molar-refractivity contribution is 0.414. The Bertz CT molecular complexity index is 482. The van der Waals surface area contributed by atoms with Gasteiger partial charge in [0.05, 0.1) is 24.4 Å². The zero-order valence-corrected chi connectivity index (χ0v) is 11.2. The summed E-state index contributed by atoms with van der Waals surface area (Å²) in [6.07, 6.45) is 1.67.